The first-order valence-corrected chi connectivity index (χ1v) is 10.7. The number of anilines is 2. The van der Waals surface area contributed by atoms with Gasteiger partial charge in [0.2, 0.25) is 11.9 Å². The highest BCUT2D eigenvalue weighted by Gasteiger charge is 2.25. The van der Waals surface area contributed by atoms with Crippen LogP contribution in [0, 0.1) is 11.8 Å². The number of piperidine rings is 1. The zero-order valence-electron chi connectivity index (χ0n) is 17.0. The Hall–Kier alpha value is -1.85. The van der Waals surface area contributed by atoms with Gasteiger partial charge in [0.05, 0.1) is 18.1 Å². The summed E-state index contributed by atoms with van der Waals surface area (Å²) in [5.41, 5.74) is 1.08. The predicted molar refractivity (Wildman–Crippen MR) is 110 cm³/mol. The molecule has 6 heteroatoms. The van der Waals surface area contributed by atoms with Crippen LogP contribution in [0.25, 0.3) is 0 Å². The summed E-state index contributed by atoms with van der Waals surface area (Å²) in [6, 6.07) is 0. The zero-order chi connectivity index (χ0) is 19.1. The van der Waals surface area contributed by atoms with Crippen molar-refractivity contribution in [3.8, 4) is 0 Å². The average molecular weight is 374 g/mol. The Morgan fingerprint density at radius 1 is 1.04 bits per heavy atom. The Morgan fingerprint density at radius 3 is 2.26 bits per heavy atom. The number of rotatable bonds is 6. The summed E-state index contributed by atoms with van der Waals surface area (Å²) in [6.07, 6.45) is 11.9. The lowest BCUT2D eigenvalue weighted by Gasteiger charge is -2.32. The largest absolute Gasteiger partial charge is 0.369 e. The van der Waals surface area contributed by atoms with Gasteiger partial charge in [0, 0.05) is 38.6 Å². The van der Waals surface area contributed by atoms with Crippen molar-refractivity contribution in [3.05, 3.63) is 12.4 Å². The number of carbonyl (C=O) groups excluding carboxylic acids is 1. The molecule has 0 aliphatic carbocycles. The first kappa shape index (κ1) is 19.9. The smallest absolute Gasteiger partial charge is 0.225 e. The topological polar surface area (TPSA) is 61.4 Å². The van der Waals surface area contributed by atoms with Gasteiger partial charge in [-0.2, -0.15) is 0 Å². The van der Waals surface area contributed by atoms with Gasteiger partial charge in [-0.1, -0.05) is 26.7 Å². The highest BCUT2D eigenvalue weighted by atomic mass is 16.1. The fraction of sp³-hybridized carbons (Fsp3) is 0.762. The van der Waals surface area contributed by atoms with E-state index < -0.39 is 0 Å². The molecule has 0 aromatic carbocycles. The molecule has 2 fully saturated rings. The SMILES string of the molecule is CC(C)CCNC(=O)C1CCN(c2cnc(N3CCCCCC3)nc2)CC1. The standard InChI is InChI=1S/C21H35N5O/c1-17(2)7-10-22-20(27)18-8-13-25(14-9-18)19-15-23-21(24-16-19)26-11-5-3-4-6-12-26/h15-18H,3-14H2,1-2H3,(H,22,27). The van der Waals surface area contributed by atoms with Crippen LogP contribution in [-0.4, -0.2) is 48.6 Å². The van der Waals surface area contributed by atoms with E-state index in [9.17, 15) is 4.79 Å². The fourth-order valence-electron chi connectivity index (χ4n) is 3.94. The zero-order valence-corrected chi connectivity index (χ0v) is 17.0. The summed E-state index contributed by atoms with van der Waals surface area (Å²) >= 11 is 0. The van der Waals surface area contributed by atoms with Crippen molar-refractivity contribution in [2.45, 2.75) is 58.8 Å². The van der Waals surface area contributed by atoms with Crippen LogP contribution >= 0.6 is 0 Å². The van der Waals surface area contributed by atoms with E-state index in [4.69, 9.17) is 0 Å². The van der Waals surface area contributed by atoms with Gasteiger partial charge in [0.25, 0.3) is 0 Å². The molecule has 1 amide bonds. The third-order valence-corrected chi connectivity index (χ3v) is 5.77. The number of nitrogens with zero attached hydrogens (tertiary/aromatic N) is 4. The first-order chi connectivity index (χ1) is 13.1. The molecule has 0 radical (unpaired) electrons. The van der Waals surface area contributed by atoms with Crippen molar-refractivity contribution in [1.29, 1.82) is 0 Å². The van der Waals surface area contributed by atoms with Crippen molar-refractivity contribution >= 4 is 17.5 Å². The minimum Gasteiger partial charge on any atom is -0.369 e. The Kier molecular flexibility index (Phi) is 7.30. The highest BCUT2D eigenvalue weighted by molar-refractivity contribution is 5.78. The monoisotopic (exact) mass is 373 g/mol. The van der Waals surface area contributed by atoms with Crippen LogP contribution in [0.2, 0.25) is 0 Å². The molecule has 0 unspecified atom stereocenters. The van der Waals surface area contributed by atoms with Crippen LogP contribution in [0.1, 0.15) is 58.8 Å². The van der Waals surface area contributed by atoms with Gasteiger partial charge in [0.1, 0.15) is 0 Å². The molecule has 6 nitrogen and oxygen atoms in total. The molecule has 2 aliphatic rings. The quantitative estimate of drug-likeness (QED) is 0.829. The lowest BCUT2D eigenvalue weighted by Crippen LogP contribution is -2.41. The summed E-state index contributed by atoms with van der Waals surface area (Å²) in [4.78, 5) is 26.2. The first-order valence-electron chi connectivity index (χ1n) is 10.7. The van der Waals surface area contributed by atoms with Gasteiger partial charge in [-0.05, 0) is 38.0 Å². The molecule has 3 heterocycles. The van der Waals surface area contributed by atoms with E-state index in [1.54, 1.807) is 0 Å². The molecule has 1 N–H and O–H groups in total. The summed E-state index contributed by atoms with van der Waals surface area (Å²) in [5, 5.41) is 3.10. The van der Waals surface area contributed by atoms with E-state index in [1.165, 1.54) is 25.7 Å². The summed E-state index contributed by atoms with van der Waals surface area (Å²) in [5.74, 6) is 1.86. The van der Waals surface area contributed by atoms with Gasteiger partial charge >= 0.3 is 0 Å². The Morgan fingerprint density at radius 2 is 1.67 bits per heavy atom. The molecular formula is C21H35N5O. The lowest BCUT2D eigenvalue weighted by molar-refractivity contribution is -0.125. The molecule has 150 valence electrons. The maximum Gasteiger partial charge on any atom is 0.225 e. The van der Waals surface area contributed by atoms with E-state index in [-0.39, 0.29) is 11.8 Å². The van der Waals surface area contributed by atoms with Crippen LogP contribution in [-0.2, 0) is 4.79 Å². The van der Waals surface area contributed by atoms with Crippen LogP contribution in [0.15, 0.2) is 12.4 Å². The van der Waals surface area contributed by atoms with Crippen molar-refractivity contribution in [1.82, 2.24) is 15.3 Å². The molecule has 2 aliphatic heterocycles. The number of carbonyl (C=O) groups is 1. The molecule has 0 saturated carbocycles. The highest BCUT2D eigenvalue weighted by Crippen LogP contribution is 2.24. The molecule has 27 heavy (non-hydrogen) atoms. The molecule has 1 aromatic heterocycles. The minimum atomic E-state index is 0.144. The maximum atomic E-state index is 12.3. The molecule has 3 rings (SSSR count). The predicted octanol–water partition coefficient (Wildman–Crippen LogP) is 3.24. The van der Waals surface area contributed by atoms with Gasteiger partial charge in [-0.15, -0.1) is 0 Å². The normalized spacial score (nSPS) is 19.2. The van der Waals surface area contributed by atoms with Crippen LogP contribution in [0.4, 0.5) is 11.6 Å². The van der Waals surface area contributed by atoms with E-state index in [2.05, 4.69) is 38.9 Å². The Labute approximate surface area is 163 Å². The molecule has 1 aromatic rings. The van der Waals surface area contributed by atoms with Gasteiger partial charge in [-0.3, -0.25) is 4.79 Å². The van der Waals surface area contributed by atoms with Crippen molar-refractivity contribution in [2.75, 3.05) is 42.5 Å². The fourth-order valence-corrected chi connectivity index (χ4v) is 3.94. The molecular weight excluding hydrogens is 338 g/mol. The summed E-state index contributed by atoms with van der Waals surface area (Å²) in [7, 11) is 0. The Bertz CT molecular complexity index is 573. The molecule has 0 bridgehead atoms. The second-order valence-electron chi connectivity index (χ2n) is 8.38. The van der Waals surface area contributed by atoms with Gasteiger partial charge < -0.3 is 15.1 Å². The van der Waals surface area contributed by atoms with Crippen molar-refractivity contribution < 1.29 is 4.79 Å². The van der Waals surface area contributed by atoms with E-state index >= 15 is 0 Å². The average Bonchev–Trinajstić information content (AvgIpc) is 2.97. The second-order valence-corrected chi connectivity index (χ2v) is 8.38. The molecule has 0 atom stereocenters. The molecule has 2 saturated heterocycles. The van der Waals surface area contributed by atoms with Gasteiger partial charge in [-0.25, -0.2) is 9.97 Å². The van der Waals surface area contributed by atoms with Crippen molar-refractivity contribution in [2.24, 2.45) is 11.8 Å². The van der Waals surface area contributed by atoms with Crippen LogP contribution in [0.3, 0.4) is 0 Å². The van der Waals surface area contributed by atoms with Gasteiger partial charge in [0.15, 0.2) is 0 Å². The third-order valence-electron chi connectivity index (χ3n) is 5.77. The number of aromatic nitrogens is 2. The number of amides is 1. The number of hydrogen-bond donors (Lipinski definition) is 1. The van der Waals surface area contributed by atoms with Crippen molar-refractivity contribution in [3.63, 3.8) is 0 Å². The lowest BCUT2D eigenvalue weighted by atomic mass is 9.95. The van der Waals surface area contributed by atoms with Crippen LogP contribution < -0.4 is 15.1 Å². The van der Waals surface area contributed by atoms with E-state index in [0.29, 0.717) is 5.92 Å². The van der Waals surface area contributed by atoms with E-state index in [1.807, 2.05) is 12.4 Å². The second kappa shape index (κ2) is 9.90. The summed E-state index contributed by atoms with van der Waals surface area (Å²) < 4.78 is 0. The summed E-state index contributed by atoms with van der Waals surface area (Å²) in [6.45, 7) is 9.09. The minimum absolute atomic E-state index is 0.144. The number of hydrogen-bond acceptors (Lipinski definition) is 5. The van der Waals surface area contributed by atoms with E-state index in [0.717, 1.165) is 63.6 Å². The number of nitrogens with one attached hydrogen (secondary N) is 1. The maximum absolute atomic E-state index is 12.3. The molecule has 0 spiro atoms. The van der Waals surface area contributed by atoms with Crippen LogP contribution in [0.5, 0.6) is 0 Å². The third kappa shape index (κ3) is 5.81. The Balaban J connectivity index is 1.47.